The first kappa shape index (κ1) is 24.1. The Morgan fingerprint density at radius 2 is 2.06 bits per heavy atom. The number of nitrogens with zero attached hydrogens (tertiary/aromatic N) is 4. The molecule has 3 aromatic rings. The smallest absolute Gasteiger partial charge is 0.407 e. The molecule has 3 aromatic heterocycles. The molecule has 0 unspecified atom stereocenters. The van der Waals surface area contributed by atoms with Gasteiger partial charge in [-0.15, -0.1) is 0 Å². The standard InChI is InChI=1S/C17H16ClFN6O7S/c1-20-33(29,30)23-14-11(19)8(4-5-21-14)7-25-15(26)12-9(31-17(25)28)6-10(13(18)22-12)32-16(27)24(2)3/h4-6,20H,7H2,1-3H3,(H,21,23). The van der Waals surface area contributed by atoms with Crippen molar-refractivity contribution >= 4 is 44.8 Å². The van der Waals surface area contributed by atoms with Gasteiger partial charge in [0.1, 0.15) is 0 Å². The molecule has 0 aliphatic carbocycles. The van der Waals surface area contributed by atoms with Gasteiger partial charge < -0.3 is 14.1 Å². The van der Waals surface area contributed by atoms with Gasteiger partial charge in [0.15, 0.2) is 33.6 Å². The minimum atomic E-state index is -4.07. The van der Waals surface area contributed by atoms with Crippen LogP contribution in [0.15, 0.2) is 32.3 Å². The van der Waals surface area contributed by atoms with Crippen molar-refractivity contribution in [1.82, 2.24) is 24.2 Å². The normalized spacial score (nSPS) is 11.4. The highest BCUT2D eigenvalue weighted by atomic mass is 35.5. The van der Waals surface area contributed by atoms with E-state index in [0.717, 1.165) is 30.3 Å². The zero-order chi connectivity index (χ0) is 24.5. The molecule has 0 spiro atoms. The lowest BCUT2D eigenvalue weighted by Gasteiger charge is -2.12. The van der Waals surface area contributed by atoms with E-state index in [1.807, 2.05) is 9.44 Å². The third kappa shape index (κ3) is 5.10. The largest absolute Gasteiger partial charge is 0.422 e. The Bertz CT molecular complexity index is 1470. The highest BCUT2D eigenvalue weighted by Gasteiger charge is 2.20. The van der Waals surface area contributed by atoms with Crippen molar-refractivity contribution in [2.75, 3.05) is 25.9 Å². The van der Waals surface area contributed by atoms with Gasteiger partial charge in [0, 0.05) is 39.0 Å². The van der Waals surface area contributed by atoms with Crippen molar-refractivity contribution in [3.63, 3.8) is 0 Å². The van der Waals surface area contributed by atoms with Gasteiger partial charge in [0.25, 0.3) is 15.8 Å². The summed E-state index contributed by atoms with van der Waals surface area (Å²) >= 11 is 5.98. The number of pyridine rings is 2. The molecule has 16 heteroatoms. The van der Waals surface area contributed by atoms with Gasteiger partial charge in [0.05, 0.1) is 6.54 Å². The third-order valence-electron chi connectivity index (χ3n) is 4.13. The number of halogens is 2. The molecule has 0 saturated carbocycles. The molecule has 0 saturated heterocycles. The monoisotopic (exact) mass is 502 g/mol. The number of anilines is 1. The average molecular weight is 503 g/mol. The van der Waals surface area contributed by atoms with Gasteiger partial charge in [-0.05, 0) is 6.07 Å². The summed E-state index contributed by atoms with van der Waals surface area (Å²) in [6, 6.07) is 2.20. The molecule has 176 valence electrons. The SMILES string of the molecule is CNS(=O)(=O)Nc1nccc(Cn2c(=O)oc3cc(OC(=O)N(C)C)c(Cl)nc3c2=O)c1F. The summed E-state index contributed by atoms with van der Waals surface area (Å²) in [5.74, 6) is -3.17. The molecule has 2 N–H and O–H groups in total. The summed E-state index contributed by atoms with van der Waals surface area (Å²) < 4.78 is 52.4. The Labute approximate surface area is 189 Å². The molecule has 0 aliphatic heterocycles. The van der Waals surface area contributed by atoms with Gasteiger partial charge in [-0.1, -0.05) is 11.6 Å². The second kappa shape index (κ2) is 9.13. The van der Waals surface area contributed by atoms with Crippen molar-refractivity contribution < 1.29 is 26.8 Å². The molecule has 0 bridgehead atoms. The second-order valence-corrected chi connectivity index (χ2v) is 8.57. The number of amides is 1. The maximum Gasteiger partial charge on any atom is 0.422 e. The zero-order valence-electron chi connectivity index (χ0n) is 17.2. The number of hydrogen-bond donors (Lipinski definition) is 2. The summed E-state index contributed by atoms with van der Waals surface area (Å²) in [6.07, 6.45) is 0.298. The van der Waals surface area contributed by atoms with Crippen LogP contribution in [0.1, 0.15) is 5.56 Å². The molecule has 3 rings (SSSR count). The van der Waals surface area contributed by atoms with E-state index < -0.39 is 45.8 Å². The van der Waals surface area contributed by atoms with Crippen LogP contribution in [0, 0.1) is 5.82 Å². The van der Waals surface area contributed by atoms with Crippen LogP contribution < -0.4 is 25.5 Å². The Morgan fingerprint density at radius 3 is 2.70 bits per heavy atom. The first-order chi connectivity index (χ1) is 15.4. The predicted molar refractivity (Wildman–Crippen MR) is 114 cm³/mol. The van der Waals surface area contributed by atoms with Crippen LogP contribution in [-0.2, 0) is 16.8 Å². The fourth-order valence-electron chi connectivity index (χ4n) is 2.47. The van der Waals surface area contributed by atoms with E-state index in [0.29, 0.717) is 4.57 Å². The topological polar surface area (TPSA) is 166 Å². The van der Waals surface area contributed by atoms with Gasteiger partial charge in [0.2, 0.25) is 0 Å². The van der Waals surface area contributed by atoms with Crippen molar-refractivity contribution in [3.8, 4) is 5.75 Å². The zero-order valence-corrected chi connectivity index (χ0v) is 18.8. The Morgan fingerprint density at radius 1 is 1.36 bits per heavy atom. The average Bonchev–Trinajstić information content (AvgIpc) is 2.74. The van der Waals surface area contributed by atoms with Crippen molar-refractivity contribution in [3.05, 3.63) is 55.8 Å². The first-order valence-electron chi connectivity index (χ1n) is 8.91. The van der Waals surface area contributed by atoms with Gasteiger partial charge >= 0.3 is 11.8 Å². The summed E-state index contributed by atoms with van der Waals surface area (Å²) in [6.45, 7) is -0.629. The number of fused-ring (bicyclic) bond motifs is 1. The van der Waals surface area contributed by atoms with E-state index in [1.54, 1.807) is 0 Å². The highest BCUT2D eigenvalue weighted by Crippen LogP contribution is 2.26. The molecular formula is C17H16ClFN6O7S. The quantitative estimate of drug-likeness (QED) is 0.457. The highest BCUT2D eigenvalue weighted by molar-refractivity contribution is 7.90. The minimum absolute atomic E-state index is 0.241. The summed E-state index contributed by atoms with van der Waals surface area (Å²) in [4.78, 5) is 45.5. The number of carbonyl (C=O) groups is 1. The van der Waals surface area contributed by atoms with Crippen LogP contribution in [0.3, 0.4) is 0 Å². The molecule has 0 fully saturated rings. The molecular weight excluding hydrogens is 487 g/mol. The molecule has 3 heterocycles. The molecule has 33 heavy (non-hydrogen) atoms. The number of nitrogens with one attached hydrogen (secondary N) is 2. The Hall–Kier alpha value is -3.56. The van der Waals surface area contributed by atoms with Gasteiger partial charge in [-0.25, -0.2) is 33.2 Å². The maximum absolute atomic E-state index is 14.8. The molecule has 1 amide bonds. The predicted octanol–water partition coefficient (Wildman–Crippen LogP) is 0.522. The maximum atomic E-state index is 14.8. The van der Waals surface area contributed by atoms with Crippen LogP contribution in [0.25, 0.3) is 11.1 Å². The van der Waals surface area contributed by atoms with Crippen LogP contribution in [0.2, 0.25) is 5.15 Å². The number of aromatic nitrogens is 3. The fourth-order valence-corrected chi connectivity index (χ4v) is 3.14. The number of rotatable bonds is 6. The molecule has 13 nitrogen and oxygen atoms in total. The fraction of sp³-hybridized carbons (Fsp3) is 0.235. The van der Waals surface area contributed by atoms with Gasteiger partial charge in [-0.3, -0.25) is 9.52 Å². The molecule has 0 aromatic carbocycles. The van der Waals surface area contributed by atoms with E-state index in [-0.39, 0.29) is 27.6 Å². The van der Waals surface area contributed by atoms with E-state index >= 15 is 0 Å². The van der Waals surface area contributed by atoms with Crippen LogP contribution in [0.4, 0.5) is 15.0 Å². The molecule has 0 atom stereocenters. The lowest BCUT2D eigenvalue weighted by molar-refractivity contribution is 0.172. The van der Waals surface area contributed by atoms with Crippen LogP contribution >= 0.6 is 11.6 Å². The first-order valence-corrected chi connectivity index (χ1v) is 10.8. The lowest BCUT2D eigenvalue weighted by atomic mass is 10.2. The molecule has 0 aliphatic rings. The Balaban J connectivity index is 2.05. The van der Waals surface area contributed by atoms with Crippen molar-refractivity contribution in [1.29, 1.82) is 0 Å². The lowest BCUT2D eigenvalue weighted by Crippen LogP contribution is -2.34. The summed E-state index contributed by atoms with van der Waals surface area (Å²) in [7, 11) is -0.107. The number of ether oxygens (including phenoxy) is 1. The van der Waals surface area contributed by atoms with Crippen molar-refractivity contribution in [2.24, 2.45) is 0 Å². The van der Waals surface area contributed by atoms with E-state index in [4.69, 9.17) is 20.8 Å². The second-order valence-electron chi connectivity index (χ2n) is 6.59. The van der Waals surface area contributed by atoms with E-state index in [1.165, 1.54) is 14.1 Å². The number of hydrogen-bond acceptors (Lipinski definition) is 9. The van der Waals surface area contributed by atoms with Crippen LogP contribution in [-0.4, -0.2) is 55.1 Å². The number of carbonyl (C=O) groups excluding carboxylic acids is 1. The van der Waals surface area contributed by atoms with Crippen molar-refractivity contribution in [2.45, 2.75) is 6.54 Å². The summed E-state index contributed by atoms with van der Waals surface area (Å²) in [5.41, 5.74) is -1.91. The van der Waals surface area contributed by atoms with E-state index in [9.17, 15) is 27.2 Å². The van der Waals surface area contributed by atoms with Gasteiger partial charge in [-0.2, -0.15) is 8.42 Å². The Kier molecular flexibility index (Phi) is 6.66. The molecule has 0 radical (unpaired) electrons. The van der Waals surface area contributed by atoms with Crippen LogP contribution in [0.5, 0.6) is 5.75 Å². The third-order valence-corrected chi connectivity index (χ3v) is 5.40. The van der Waals surface area contributed by atoms with E-state index in [2.05, 4.69) is 9.97 Å². The minimum Gasteiger partial charge on any atom is -0.407 e. The summed E-state index contributed by atoms with van der Waals surface area (Å²) in [5, 5.41) is -0.353.